The molecule has 3 aromatic rings. The predicted molar refractivity (Wildman–Crippen MR) is 106 cm³/mol. The van der Waals surface area contributed by atoms with Crippen molar-refractivity contribution in [3.63, 3.8) is 0 Å². The zero-order valence-electron chi connectivity index (χ0n) is 15.8. The van der Waals surface area contributed by atoms with Crippen LogP contribution in [-0.4, -0.2) is 47.1 Å². The Hall–Kier alpha value is -2.58. The number of nitrogens with zero attached hydrogens (tertiary/aromatic N) is 4. The molecule has 28 heavy (non-hydrogen) atoms. The van der Waals surface area contributed by atoms with Gasteiger partial charge in [0.05, 0.1) is 16.6 Å². The highest BCUT2D eigenvalue weighted by atomic mass is 32.1. The molecule has 0 unspecified atom stereocenters. The molecule has 146 valence electrons. The number of hydrogen-bond acceptors (Lipinski definition) is 7. The van der Waals surface area contributed by atoms with Gasteiger partial charge in [-0.25, -0.2) is 4.39 Å². The molecular weight excluding hydrogens is 379 g/mol. The van der Waals surface area contributed by atoms with Crippen LogP contribution in [0.1, 0.15) is 36.1 Å². The Morgan fingerprint density at radius 2 is 2.00 bits per heavy atom. The van der Waals surface area contributed by atoms with E-state index in [-0.39, 0.29) is 17.6 Å². The minimum absolute atomic E-state index is 0.00621. The van der Waals surface area contributed by atoms with Crippen LogP contribution in [0, 0.1) is 5.82 Å². The molecule has 0 saturated carbocycles. The first-order valence-electron chi connectivity index (χ1n) is 9.19. The van der Waals surface area contributed by atoms with Gasteiger partial charge in [0.1, 0.15) is 5.82 Å². The van der Waals surface area contributed by atoms with E-state index in [0.29, 0.717) is 36.1 Å². The van der Waals surface area contributed by atoms with Gasteiger partial charge < -0.3 is 9.32 Å². The van der Waals surface area contributed by atoms with Gasteiger partial charge in [0.2, 0.25) is 5.89 Å². The maximum atomic E-state index is 14.4. The van der Waals surface area contributed by atoms with Crippen LogP contribution < -0.4 is 4.90 Å². The Kier molecular flexibility index (Phi) is 5.23. The molecule has 1 atom stereocenters. The van der Waals surface area contributed by atoms with E-state index in [4.69, 9.17) is 4.42 Å². The van der Waals surface area contributed by atoms with Crippen molar-refractivity contribution in [2.75, 3.05) is 31.1 Å². The molecular formula is C20H21FN4O2S. The first-order chi connectivity index (χ1) is 13.5. The SMILES string of the molecule is CC(=O)c1ccc(N2CCN([C@@H](C)c3nnc(-c4cccs4)o3)CC2)c(F)c1. The van der Waals surface area contributed by atoms with Gasteiger partial charge in [-0.3, -0.25) is 9.69 Å². The summed E-state index contributed by atoms with van der Waals surface area (Å²) in [5, 5.41) is 10.3. The topological polar surface area (TPSA) is 62.5 Å². The van der Waals surface area contributed by atoms with Gasteiger partial charge in [0.15, 0.2) is 5.78 Å². The molecule has 0 N–H and O–H groups in total. The Balaban J connectivity index is 1.41. The average Bonchev–Trinajstić information content (AvgIpc) is 3.39. The summed E-state index contributed by atoms with van der Waals surface area (Å²) < 4.78 is 20.3. The van der Waals surface area contributed by atoms with Crippen LogP contribution in [0.5, 0.6) is 0 Å². The number of Topliss-reactive ketones (excluding diaryl/α,β-unsaturated/α-hetero) is 1. The highest BCUT2D eigenvalue weighted by Gasteiger charge is 2.27. The summed E-state index contributed by atoms with van der Waals surface area (Å²) in [5.74, 6) is 0.647. The monoisotopic (exact) mass is 400 g/mol. The van der Waals surface area contributed by atoms with Crippen molar-refractivity contribution in [3.8, 4) is 10.8 Å². The molecule has 1 aliphatic heterocycles. The van der Waals surface area contributed by atoms with E-state index in [9.17, 15) is 9.18 Å². The van der Waals surface area contributed by atoms with Crippen LogP contribution in [0.3, 0.4) is 0 Å². The Morgan fingerprint density at radius 3 is 2.64 bits per heavy atom. The highest BCUT2D eigenvalue weighted by Crippen LogP contribution is 2.28. The third-order valence-corrected chi connectivity index (χ3v) is 5.94. The number of ketones is 1. The number of benzene rings is 1. The molecule has 0 spiro atoms. The van der Waals surface area contributed by atoms with Crippen LogP contribution in [-0.2, 0) is 0 Å². The fourth-order valence-corrected chi connectivity index (χ4v) is 4.04. The summed E-state index contributed by atoms with van der Waals surface area (Å²) in [6.45, 7) is 6.37. The van der Waals surface area contributed by atoms with Gasteiger partial charge in [-0.05, 0) is 43.5 Å². The number of hydrogen-bond donors (Lipinski definition) is 0. The molecule has 0 amide bonds. The van der Waals surface area contributed by atoms with Crippen molar-refractivity contribution < 1.29 is 13.6 Å². The van der Waals surface area contributed by atoms with E-state index in [1.54, 1.807) is 23.5 Å². The van der Waals surface area contributed by atoms with E-state index in [1.165, 1.54) is 13.0 Å². The van der Waals surface area contributed by atoms with Crippen molar-refractivity contribution in [1.29, 1.82) is 0 Å². The zero-order valence-corrected chi connectivity index (χ0v) is 16.6. The van der Waals surface area contributed by atoms with Crippen LogP contribution in [0.25, 0.3) is 10.8 Å². The summed E-state index contributed by atoms with van der Waals surface area (Å²) >= 11 is 1.57. The summed E-state index contributed by atoms with van der Waals surface area (Å²) in [6, 6.07) is 8.59. The predicted octanol–water partition coefficient (Wildman–Crippen LogP) is 4.02. The minimum Gasteiger partial charge on any atom is -0.418 e. The van der Waals surface area contributed by atoms with Gasteiger partial charge >= 0.3 is 0 Å². The number of rotatable bonds is 5. The molecule has 8 heteroatoms. The van der Waals surface area contributed by atoms with Crippen LogP contribution in [0.15, 0.2) is 40.1 Å². The Morgan fingerprint density at radius 1 is 1.21 bits per heavy atom. The molecule has 0 radical (unpaired) electrons. The molecule has 1 fully saturated rings. The van der Waals surface area contributed by atoms with E-state index in [1.807, 2.05) is 29.3 Å². The van der Waals surface area contributed by atoms with Crippen LogP contribution in [0.2, 0.25) is 0 Å². The molecule has 4 rings (SSSR count). The van der Waals surface area contributed by atoms with E-state index in [0.717, 1.165) is 18.0 Å². The fourth-order valence-electron chi connectivity index (χ4n) is 3.39. The quantitative estimate of drug-likeness (QED) is 0.603. The van der Waals surface area contributed by atoms with Gasteiger partial charge in [0, 0.05) is 31.7 Å². The summed E-state index contributed by atoms with van der Waals surface area (Å²) in [6.07, 6.45) is 0. The lowest BCUT2D eigenvalue weighted by atomic mass is 10.1. The lowest BCUT2D eigenvalue weighted by Gasteiger charge is -2.38. The van der Waals surface area contributed by atoms with Gasteiger partial charge in [-0.15, -0.1) is 21.5 Å². The van der Waals surface area contributed by atoms with E-state index >= 15 is 0 Å². The Labute approximate surface area is 166 Å². The molecule has 6 nitrogen and oxygen atoms in total. The van der Waals surface area contributed by atoms with Gasteiger partial charge in [-0.2, -0.15) is 0 Å². The number of halogens is 1. The Bertz CT molecular complexity index is 965. The molecule has 0 aliphatic carbocycles. The highest BCUT2D eigenvalue weighted by molar-refractivity contribution is 7.13. The lowest BCUT2D eigenvalue weighted by Crippen LogP contribution is -2.47. The van der Waals surface area contributed by atoms with Crippen molar-refractivity contribution in [2.45, 2.75) is 19.9 Å². The molecule has 1 saturated heterocycles. The van der Waals surface area contributed by atoms with Crippen molar-refractivity contribution in [1.82, 2.24) is 15.1 Å². The molecule has 3 heterocycles. The minimum atomic E-state index is -0.355. The second-order valence-electron chi connectivity index (χ2n) is 6.84. The zero-order chi connectivity index (χ0) is 19.7. The lowest BCUT2D eigenvalue weighted by molar-refractivity contribution is 0.101. The number of anilines is 1. The average molecular weight is 400 g/mol. The normalized spacial score (nSPS) is 16.3. The maximum Gasteiger partial charge on any atom is 0.257 e. The second-order valence-corrected chi connectivity index (χ2v) is 7.79. The van der Waals surface area contributed by atoms with Crippen LogP contribution in [0.4, 0.5) is 10.1 Å². The maximum absolute atomic E-state index is 14.4. The number of carbonyl (C=O) groups is 1. The first kappa shape index (κ1) is 18.8. The van der Waals surface area contributed by atoms with Crippen molar-refractivity contribution >= 4 is 22.8 Å². The number of carbonyl (C=O) groups excluding carboxylic acids is 1. The molecule has 1 aliphatic rings. The summed E-state index contributed by atoms with van der Waals surface area (Å²) in [4.78, 5) is 16.6. The number of aromatic nitrogens is 2. The summed E-state index contributed by atoms with van der Waals surface area (Å²) in [7, 11) is 0. The largest absolute Gasteiger partial charge is 0.418 e. The van der Waals surface area contributed by atoms with Crippen LogP contribution >= 0.6 is 11.3 Å². The second kappa shape index (κ2) is 7.81. The van der Waals surface area contributed by atoms with E-state index in [2.05, 4.69) is 15.1 Å². The molecule has 1 aromatic carbocycles. The van der Waals surface area contributed by atoms with E-state index < -0.39 is 0 Å². The number of thiophene rings is 1. The number of piperazine rings is 1. The molecule has 0 bridgehead atoms. The summed E-state index contributed by atoms with van der Waals surface area (Å²) in [5.41, 5.74) is 0.932. The fraction of sp³-hybridized carbons (Fsp3) is 0.350. The van der Waals surface area contributed by atoms with Crippen molar-refractivity contribution in [3.05, 3.63) is 53.0 Å². The van der Waals surface area contributed by atoms with Crippen molar-refractivity contribution in [2.24, 2.45) is 0 Å². The van der Waals surface area contributed by atoms with Gasteiger partial charge in [0.25, 0.3) is 5.89 Å². The standard InChI is InChI=1S/C20H21FN4O2S/c1-13(19-22-23-20(27-19)18-4-3-11-28-18)24-7-9-25(10-8-24)17-6-5-15(14(2)26)12-16(17)21/h3-6,11-13H,7-10H2,1-2H3/t13-/m0/s1. The third-order valence-electron chi connectivity index (χ3n) is 5.09. The first-order valence-corrected chi connectivity index (χ1v) is 10.1. The van der Waals surface area contributed by atoms with Gasteiger partial charge in [-0.1, -0.05) is 6.07 Å². The molecule has 2 aromatic heterocycles. The smallest absolute Gasteiger partial charge is 0.257 e. The third kappa shape index (κ3) is 3.70.